The van der Waals surface area contributed by atoms with Crippen molar-refractivity contribution >= 4 is 5.78 Å². The normalized spacial score (nSPS) is 11.0. The van der Waals surface area contributed by atoms with E-state index in [9.17, 15) is 18.0 Å². The molecule has 1 aromatic rings. The van der Waals surface area contributed by atoms with Crippen molar-refractivity contribution in [3.05, 3.63) is 42.0 Å². The molecule has 0 unspecified atom stereocenters. The first kappa shape index (κ1) is 12.3. The average Bonchev–Trinajstić information content (AvgIpc) is 2.26. The van der Waals surface area contributed by atoms with Crippen LogP contribution in [0.5, 0.6) is 5.75 Å². The van der Waals surface area contributed by atoms with Crippen LogP contribution < -0.4 is 4.74 Å². The van der Waals surface area contributed by atoms with Crippen molar-refractivity contribution in [2.24, 2.45) is 0 Å². The largest absolute Gasteiger partial charge is 0.497 e. The Hall–Kier alpha value is -1.78. The SMILES string of the molecule is C=CC(=O)c1cc(OC)cc(C(F)(F)F)c1. The second-order valence-corrected chi connectivity index (χ2v) is 3.02. The summed E-state index contributed by atoms with van der Waals surface area (Å²) in [5, 5.41) is 0. The highest BCUT2D eigenvalue weighted by atomic mass is 19.4. The zero-order valence-corrected chi connectivity index (χ0v) is 8.47. The first-order valence-corrected chi connectivity index (χ1v) is 4.31. The molecule has 0 saturated carbocycles. The fourth-order valence-electron chi connectivity index (χ4n) is 1.14. The third-order valence-corrected chi connectivity index (χ3v) is 1.94. The molecule has 0 aliphatic rings. The standard InChI is InChI=1S/C11H9F3O2/c1-3-10(15)7-4-8(11(12,13)14)6-9(5-7)16-2/h3-6H,1H2,2H3. The van der Waals surface area contributed by atoms with Gasteiger partial charge in [-0.25, -0.2) is 0 Å². The molecule has 0 fully saturated rings. The van der Waals surface area contributed by atoms with Crippen LogP contribution in [-0.2, 0) is 6.18 Å². The highest BCUT2D eigenvalue weighted by molar-refractivity contribution is 6.04. The number of allylic oxidation sites excluding steroid dienone is 1. The molecule has 5 heteroatoms. The van der Waals surface area contributed by atoms with Crippen LogP contribution >= 0.6 is 0 Å². The molecular formula is C11H9F3O2. The molecule has 1 aromatic carbocycles. The van der Waals surface area contributed by atoms with E-state index in [0.717, 1.165) is 18.2 Å². The summed E-state index contributed by atoms with van der Waals surface area (Å²) in [6, 6.07) is 2.84. The number of halogens is 3. The molecule has 86 valence electrons. The van der Waals surface area contributed by atoms with Crippen molar-refractivity contribution in [3.63, 3.8) is 0 Å². The number of carbonyl (C=O) groups is 1. The summed E-state index contributed by atoms with van der Waals surface area (Å²) < 4.78 is 42.1. The Kier molecular flexibility index (Phi) is 3.37. The number of hydrogen-bond acceptors (Lipinski definition) is 2. The maximum absolute atomic E-state index is 12.5. The number of ether oxygens (including phenoxy) is 1. The minimum Gasteiger partial charge on any atom is -0.497 e. The van der Waals surface area contributed by atoms with Crippen molar-refractivity contribution < 1.29 is 22.7 Å². The van der Waals surface area contributed by atoms with Crippen LogP contribution in [0.3, 0.4) is 0 Å². The molecule has 0 amide bonds. The van der Waals surface area contributed by atoms with Gasteiger partial charge in [-0.3, -0.25) is 4.79 Å². The Labute approximate surface area is 90.3 Å². The molecule has 0 atom stereocenters. The van der Waals surface area contributed by atoms with E-state index >= 15 is 0 Å². The molecule has 1 rings (SSSR count). The van der Waals surface area contributed by atoms with Crippen LogP contribution in [0.25, 0.3) is 0 Å². The van der Waals surface area contributed by atoms with Crippen molar-refractivity contribution in [1.82, 2.24) is 0 Å². The fourth-order valence-corrected chi connectivity index (χ4v) is 1.14. The van der Waals surface area contributed by atoms with E-state index in [2.05, 4.69) is 6.58 Å². The summed E-state index contributed by atoms with van der Waals surface area (Å²) >= 11 is 0. The Morgan fingerprint density at radius 1 is 1.38 bits per heavy atom. The molecule has 0 radical (unpaired) electrons. The van der Waals surface area contributed by atoms with Crippen LogP contribution in [-0.4, -0.2) is 12.9 Å². The maximum Gasteiger partial charge on any atom is 0.416 e. The third kappa shape index (κ3) is 2.62. The third-order valence-electron chi connectivity index (χ3n) is 1.94. The molecule has 0 heterocycles. The van der Waals surface area contributed by atoms with E-state index in [0.29, 0.717) is 0 Å². The monoisotopic (exact) mass is 230 g/mol. The average molecular weight is 230 g/mol. The van der Waals surface area contributed by atoms with E-state index < -0.39 is 17.5 Å². The summed E-state index contributed by atoms with van der Waals surface area (Å²) in [5.74, 6) is -0.593. The van der Waals surface area contributed by atoms with Gasteiger partial charge in [0.2, 0.25) is 0 Å². The number of methoxy groups -OCH3 is 1. The highest BCUT2D eigenvalue weighted by Gasteiger charge is 2.31. The first-order chi connectivity index (χ1) is 7.38. The van der Waals surface area contributed by atoms with Gasteiger partial charge in [0.25, 0.3) is 0 Å². The summed E-state index contributed by atoms with van der Waals surface area (Å²) in [6.07, 6.45) is -3.56. The molecule has 0 aliphatic heterocycles. The lowest BCUT2D eigenvalue weighted by Crippen LogP contribution is -2.07. The van der Waals surface area contributed by atoms with Crippen LogP contribution in [0, 0.1) is 0 Å². The number of benzene rings is 1. The highest BCUT2D eigenvalue weighted by Crippen LogP contribution is 2.32. The van der Waals surface area contributed by atoms with Crippen LogP contribution in [0.2, 0.25) is 0 Å². The lowest BCUT2D eigenvalue weighted by Gasteiger charge is -2.10. The number of alkyl halides is 3. The van der Waals surface area contributed by atoms with Crippen molar-refractivity contribution in [3.8, 4) is 5.75 Å². The topological polar surface area (TPSA) is 26.3 Å². The lowest BCUT2D eigenvalue weighted by molar-refractivity contribution is -0.137. The number of carbonyl (C=O) groups excluding carboxylic acids is 1. The lowest BCUT2D eigenvalue weighted by atomic mass is 10.1. The van der Waals surface area contributed by atoms with E-state index in [1.165, 1.54) is 13.2 Å². The zero-order valence-electron chi connectivity index (χ0n) is 8.47. The molecular weight excluding hydrogens is 221 g/mol. The van der Waals surface area contributed by atoms with Crippen molar-refractivity contribution in [1.29, 1.82) is 0 Å². The summed E-state index contributed by atoms with van der Waals surface area (Å²) in [6.45, 7) is 3.21. The van der Waals surface area contributed by atoms with E-state index in [1.807, 2.05) is 0 Å². The van der Waals surface area contributed by atoms with Gasteiger partial charge >= 0.3 is 6.18 Å². The Morgan fingerprint density at radius 3 is 2.44 bits per heavy atom. The van der Waals surface area contributed by atoms with Gasteiger partial charge < -0.3 is 4.74 Å². The van der Waals surface area contributed by atoms with Gasteiger partial charge in [-0.1, -0.05) is 6.58 Å². The Bertz CT molecular complexity index is 422. The van der Waals surface area contributed by atoms with Gasteiger partial charge in [0, 0.05) is 5.56 Å². The van der Waals surface area contributed by atoms with Gasteiger partial charge in [-0.15, -0.1) is 0 Å². The molecule has 16 heavy (non-hydrogen) atoms. The van der Waals surface area contributed by atoms with Crippen LogP contribution in [0.4, 0.5) is 13.2 Å². The minimum atomic E-state index is -4.51. The molecule has 0 aromatic heterocycles. The summed E-state index contributed by atoms with van der Waals surface area (Å²) in [4.78, 5) is 11.2. The van der Waals surface area contributed by atoms with Crippen LogP contribution in [0.15, 0.2) is 30.9 Å². The summed E-state index contributed by atoms with van der Waals surface area (Å²) in [5.41, 5.74) is -1.02. The van der Waals surface area contributed by atoms with E-state index in [4.69, 9.17) is 4.74 Å². The second kappa shape index (κ2) is 4.38. The van der Waals surface area contributed by atoms with Crippen LogP contribution in [0.1, 0.15) is 15.9 Å². The molecule has 0 spiro atoms. The number of ketones is 1. The number of rotatable bonds is 3. The smallest absolute Gasteiger partial charge is 0.416 e. The Morgan fingerprint density at radius 2 is 2.00 bits per heavy atom. The second-order valence-electron chi connectivity index (χ2n) is 3.02. The Balaban J connectivity index is 3.32. The molecule has 0 bridgehead atoms. The molecule has 0 saturated heterocycles. The minimum absolute atomic E-state index is 0.0139. The predicted octanol–water partition coefficient (Wildman–Crippen LogP) is 3.08. The zero-order chi connectivity index (χ0) is 12.3. The van der Waals surface area contributed by atoms with Gasteiger partial charge in [0.1, 0.15) is 5.75 Å². The van der Waals surface area contributed by atoms with Crippen molar-refractivity contribution in [2.75, 3.05) is 7.11 Å². The number of hydrogen-bond donors (Lipinski definition) is 0. The molecule has 0 N–H and O–H groups in total. The van der Waals surface area contributed by atoms with Gasteiger partial charge in [-0.2, -0.15) is 13.2 Å². The summed E-state index contributed by atoms with van der Waals surface area (Å²) in [7, 11) is 1.23. The molecule has 0 aliphatic carbocycles. The molecule has 2 nitrogen and oxygen atoms in total. The van der Waals surface area contributed by atoms with E-state index in [1.54, 1.807) is 0 Å². The van der Waals surface area contributed by atoms with Gasteiger partial charge in [0.15, 0.2) is 5.78 Å². The fraction of sp³-hybridized carbons (Fsp3) is 0.182. The van der Waals surface area contributed by atoms with E-state index in [-0.39, 0.29) is 11.3 Å². The van der Waals surface area contributed by atoms with Gasteiger partial charge in [-0.05, 0) is 24.3 Å². The first-order valence-electron chi connectivity index (χ1n) is 4.31. The van der Waals surface area contributed by atoms with Crippen molar-refractivity contribution in [2.45, 2.75) is 6.18 Å². The predicted molar refractivity (Wildman–Crippen MR) is 52.5 cm³/mol. The van der Waals surface area contributed by atoms with Gasteiger partial charge in [0.05, 0.1) is 12.7 Å². The quantitative estimate of drug-likeness (QED) is 0.589. The maximum atomic E-state index is 12.5.